The smallest absolute Gasteiger partial charge is 0.416 e. The second-order valence-electron chi connectivity index (χ2n) is 8.46. The predicted molar refractivity (Wildman–Crippen MR) is 127 cm³/mol. The molecule has 0 bridgehead atoms. The molecule has 1 heterocycles. The molecule has 4 rings (SSSR count). The summed E-state index contributed by atoms with van der Waals surface area (Å²) in [6.45, 7) is 0.207. The summed E-state index contributed by atoms with van der Waals surface area (Å²) in [6.07, 6.45) is 0.951. The van der Waals surface area contributed by atoms with Crippen LogP contribution in [0.15, 0.2) is 53.7 Å². The Balaban J connectivity index is 1.49. The maximum atomic E-state index is 13.1. The lowest BCUT2D eigenvalue weighted by Crippen LogP contribution is -2.26. The molecule has 0 spiro atoms. The number of rotatable bonds is 8. The molecular weight excluding hydrogens is 477 g/mol. The molecule has 3 aromatic rings. The number of nitrogens with zero attached hydrogens (tertiary/aromatic N) is 3. The molecule has 0 aliphatic heterocycles. The van der Waals surface area contributed by atoms with Gasteiger partial charge in [-0.25, -0.2) is 0 Å². The standard InChI is InChI=1S/C25H27F3N4O2S/c1-34-21-12-10-18(11-13-21)23(33)29-15-22-30-31-24(32(22)20-8-3-2-4-9-20)35-16-17-6-5-7-19(14-17)25(26,27)28/h5-7,10-14,20H,2-4,8-9,15-16H2,1H3,(H,29,33). The number of amides is 1. The molecule has 35 heavy (non-hydrogen) atoms. The summed E-state index contributed by atoms with van der Waals surface area (Å²) in [5.41, 5.74) is 0.414. The highest BCUT2D eigenvalue weighted by Crippen LogP contribution is 2.35. The van der Waals surface area contributed by atoms with Gasteiger partial charge in [0.2, 0.25) is 0 Å². The lowest BCUT2D eigenvalue weighted by atomic mass is 9.95. The first-order valence-electron chi connectivity index (χ1n) is 11.5. The zero-order valence-corrected chi connectivity index (χ0v) is 20.2. The van der Waals surface area contributed by atoms with Crippen LogP contribution in [-0.4, -0.2) is 27.8 Å². The van der Waals surface area contributed by atoms with Crippen molar-refractivity contribution in [2.45, 2.75) is 61.8 Å². The highest BCUT2D eigenvalue weighted by atomic mass is 32.2. The minimum Gasteiger partial charge on any atom is -0.497 e. The van der Waals surface area contributed by atoms with Gasteiger partial charge < -0.3 is 14.6 Å². The minimum absolute atomic E-state index is 0.204. The van der Waals surface area contributed by atoms with Gasteiger partial charge in [-0.2, -0.15) is 13.2 Å². The number of carbonyl (C=O) groups is 1. The van der Waals surface area contributed by atoms with Gasteiger partial charge in [0, 0.05) is 17.4 Å². The summed E-state index contributed by atoms with van der Waals surface area (Å²) in [4.78, 5) is 12.6. The van der Waals surface area contributed by atoms with Crippen LogP contribution in [0.4, 0.5) is 13.2 Å². The molecule has 1 N–H and O–H groups in total. The maximum Gasteiger partial charge on any atom is 0.416 e. The molecule has 1 aliphatic carbocycles. The summed E-state index contributed by atoms with van der Waals surface area (Å²) in [6, 6.07) is 12.4. The highest BCUT2D eigenvalue weighted by Gasteiger charge is 2.30. The van der Waals surface area contributed by atoms with Gasteiger partial charge in [-0.3, -0.25) is 4.79 Å². The Morgan fingerprint density at radius 2 is 1.86 bits per heavy atom. The fourth-order valence-corrected chi connectivity index (χ4v) is 5.19. The first-order valence-corrected chi connectivity index (χ1v) is 12.5. The van der Waals surface area contributed by atoms with Gasteiger partial charge in [-0.15, -0.1) is 10.2 Å². The second-order valence-corrected chi connectivity index (χ2v) is 9.40. The Morgan fingerprint density at radius 1 is 1.11 bits per heavy atom. The number of benzene rings is 2. The van der Waals surface area contributed by atoms with Crippen molar-refractivity contribution in [2.75, 3.05) is 7.11 Å². The number of methoxy groups -OCH3 is 1. The van der Waals surface area contributed by atoms with Crippen LogP contribution in [0.1, 0.15) is 65.5 Å². The van der Waals surface area contributed by atoms with Gasteiger partial charge >= 0.3 is 6.18 Å². The van der Waals surface area contributed by atoms with Crippen molar-refractivity contribution in [3.63, 3.8) is 0 Å². The number of aromatic nitrogens is 3. The van der Waals surface area contributed by atoms with Crippen LogP contribution in [0.3, 0.4) is 0 Å². The molecule has 2 aromatic carbocycles. The first kappa shape index (κ1) is 25.1. The Kier molecular flexibility index (Phi) is 8.00. The van der Waals surface area contributed by atoms with Gasteiger partial charge in [0.05, 0.1) is 19.2 Å². The third-order valence-electron chi connectivity index (χ3n) is 6.06. The Bertz CT molecular complexity index is 1140. The molecule has 10 heteroatoms. The third kappa shape index (κ3) is 6.36. The minimum atomic E-state index is -4.38. The van der Waals surface area contributed by atoms with Crippen molar-refractivity contribution in [3.8, 4) is 5.75 Å². The molecule has 0 saturated heterocycles. The zero-order valence-electron chi connectivity index (χ0n) is 19.3. The van der Waals surface area contributed by atoms with Crippen LogP contribution in [0.2, 0.25) is 0 Å². The lowest BCUT2D eigenvalue weighted by molar-refractivity contribution is -0.137. The average Bonchev–Trinajstić information content (AvgIpc) is 3.29. The van der Waals surface area contributed by atoms with Crippen molar-refractivity contribution >= 4 is 17.7 Å². The monoisotopic (exact) mass is 504 g/mol. The van der Waals surface area contributed by atoms with Crippen LogP contribution in [0, 0.1) is 0 Å². The third-order valence-corrected chi connectivity index (χ3v) is 7.07. The molecule has 1 saturated carbocycles. The molecule has 1 aliphatic rings. The molecule has 0 atom stereocenters. The number of hydrogen-bond donors (Lipinski definition) is 1. The first-order chi connectivity index (χ1) is 16.8. The maximum absolute atomic E-state index is 13.1. The fraction of sp³-hybridized carbons (Fsp3) is 0.400. The van der Waals surface area contributed by atoms with E-state index in [1.807, 2.05) is 0 Å². The van der Waals surface area contributed by atoms with Crippen LogP contribution in [-0.2, 0) is 18.5 Å². The van der Waals surface area contributed by atoms with Gasteiger partial charge in [-0.1, -0.05) is 49.2 Å². The Morgan fingerprint density at radius 3 is 2.54 bits per heavy atom. The van der Waals surface area contributed by atoms with E-state index in [1.54, 1.807) is 37.4 Å². The van der Waals surface area contributed by atoms with Gasteiger partial charge in [0.25, 0.3) is 5.91 Å². The molecule has 1 amide bonds. The second kappa shape index (κ2) is 11.2. The largest absolute Gasteiger partial charge is 0.497 e. The quantitative estimate of drug-likeness (QED) is 0.379. The lowest BCUT2D eigenvalue weighted by Gasteiger charge is -2.25. The van der Waals surface area contributed by atoms with Crippen molar-refractivity contribution in [1.82, 2.24) is 20.1 Å². The number of nitrogens with one attached hydrogen (secondary N) is 1. The van der Waals surface area contributed by atoms with Crippen LogP contribution in [0.5, 0.6) is 5.75 Å². The molecule has 186 valence electrons. The molecule has 6 nitrogen and oxygen atoms in total. The summed E-state index contributed by atoms with van der Waals surface area (Å²) in [5, 5.41) is 12.2. The SMILES string of the molecule is COc1ccc(C(=O)NCc2nnc(SCc3cccc(C(F)(F)F)c3)n2C2CCCCC2)cc1. The summed E-state index contributed by atoms with van der Waals surface area (Å²) < 4.78 is 46.4. The summed E-state index contributed by atoms with van der Waals surface area (Å²) >= 11 is 1.36. The van der Waals surface area contributed by atoms with E-state index in [1.165, 1.54) is 30.3 Å². The van der Waals surface area contributed by atoms with E-state index < -0.39 is 11.7 Å². The van der Waals surface area contributed by atoms with Crippen LogP contribution < -0.4 is 10.1 Å². The molecule has 1 fully saturated rings. The number of halogens is 3. The summed E-state index contributed by atoms with van der Waals surface area (Å²) in [7, 11) is 1.57. The van der Waals surface area contributed by atoms with Gasteiger partial charge in [-0.05, 0) is 48.7 Å². The van der Waals surface area contributed by atoms with Crippen molar-refractivity contribution < 1.29 is 22.7 Å². The van der Waals surface area contributed by atoms with E-state index in [0.29, 0.717) is 33.6 Å². The van der Waals surface area contributed by atoms with E-state index in [4.69, 9.17) is 4.74 Å². The van der Waals surface area contributed by atoms with E-state index in [2.05, 4.69) is 20.1 Å². The molecule has 0 unspecified atom stereocenters. The number of carbonyl (C=O) groups excluding carboxylic acids is 1. The predicted octanol–water partition coefficient (Wildman–Crippen LogP) is 6.03. The van der Waals surface area contributed by atoms with Gasteiger partial charge in [0.1, 0.15) is 5.75 Å². The van der Waals surface area contributed by atoms with E-state index in [0.717, 1.165) is 31.7 Å². The normalized spacial score (nSPS) is 14.6. The van der Waals surface area contributed by atoms with E-state index in [9.17, 15) is 18.0 Å². The fourth-order valence-electron chi connectivity index (χ4n) is 4.22. The number of alkyl halides is 3. The molecular formula is C25H27F3N4O2S. The van der Waals surface area contributed by atoms with Crippen molar-refractivity contribution in [3.05, 3.63) is 71.0 Å². The number of hydrogen-bond acceptors (Lipinski definition) is 5. The highest BCUT2D eigenvalue weighted by molar-refractivity contribution is 7.98. The Labute approximate surface area is 206 Å². The average molecular weight is 505 g/mol. The molecule has 0 radical (unpaired) electrons. The summed E-state index contributed by atoms with van der Waals surface area (Å²) in [5.74, 6) is 1.42. The zero-order chi connectivity index (χ0) is 24.8. The van der Waals surface area contributed by atoms with E-state index in [-0.39, 0.29) is 18.5 Å². The Hall–Kier alpha value is -3.01. The van der Waals surface area contributed by atoms with Crippen molar-refractivity contribution in [2.24, 2.45) is 0 Å². The number of thioether (sulfide) groups is 1. The van der Waals surface area contributed by atoms with Crippen molar-refractivity contribution in [1.29, 1.82) is 0 Å². The van der Waals surface area contributed by atoms with Gasteiger partial charge in [0.15, 0.2) is 11.0 Å². The topological polar surface area (TPSA) is 69.0 Å². The van der Waals surface area contributed by atoms with E-state index >= 15 is 0 Å². The number of ether oxygens (including phenoxy) is 1. The van der Waals surface area contributed by atoms with Crippen LogP contribution >= 0.6 is 11.8 Å². The molecule has 1 aromatic heterocycles. The van der Waals surface area contributed by atoms with Crippen LogP contribution in [0.25, 0.3) is 0 Å².